The normalized spacial score (nSPS) is 12.0. The van der Waals surface area contributed by atoms with Gasteiger partial charge in [-0.15, -0.1) is 0 Å². The summed E-state index contributed by atoms with van der Waals surface area (Å²) < 4.78 is 26.5. The summed E-state index contributed by atoms with van der Waals surface area (Å²) in [4.78, 5) is 36.2. The van der Waals surface area contributed by atoms with Gasteiger partial charge in [0.2, 0.25) is 0 Å². The average molecular weight is 877 g/mol. The van der Waals surface area contributed by atoms with Crippen molar-refractivity contribution < 1.29 is 28.5 Å². The second kappa shape index (κ2) is 20.4. The highest BCUT2D eigenvalue weighted by Crippen LogP contribution is 2.39. The summed E-state index contributed by atoms with van der Waals surface area (Å²) in [5.74, 6) is 2.30. The molecule has 10 nitrogen and oxygen atoms in total. The zero-order chi connectivity index (χ0) is 45.2. The molecule has 8 bridgehead atoms. The summed E-state index contributed by atoms with van der Waals surface area (Å²) in [5.41, 5.74) is 10.5. The van der Waals surface area contributed by atoms with Crippen LogP contribution in [0.3, 0.4) is 0 Å². The van der Waals surface area contributed by atoms with Crippen LogP contribution in [0, 0.1) is 0 Å². The molecule has 66 heavy (non-hydrogen) atoms. The summed E-state index contributed by atoms with van der Waals surface area (Å²) in [5, 5.41) is 7.85. The monoisotopic (exact) mass is 876 g/mol. The molecule has 0 radical (unpaired) electrons. The van der Waals surface area contributed by atoms with Gasteiger partial charge in [0.1, 0.15) is 23.0 Å². The van der Waals surface area contributed by atoms with Crippen LogP contribution < -0.4 is 29.6 Å². The van der Waals surface area contributed by atoms with Gasteiger partial charge in [-0.1, -0.05) is 123 Å². The summed E-state index contributed by atoms with van der Waals surface area (Å²) in [6, 6.07) is 44.2. The lowest BCUT2D eigenvalue weighted by atomic mass is 9.91. The molecule has 0 saturated carbocycles. The minimum Gasteiger partial charge on any atom is -0.493 e. The van der Waals surface area contributed by atoms with Gasteiger partial charge >= 0.3 is 0 Å². The molecule has 2 aromatic heterocycles. The van der Waals surface area contributed by atoms with E-state index in [1.165, 1.54) is 0 Å². The Bertz CT molecular complexity index is 2750. The minimum absolute atomic E-state index is 0.204. The molecule has 0 fully saturated rings. The van der Waals surface area contributed by atoms with Crippen LogP contribution in [0.2, 0.25) is 0 Å². The lowest BCUT2D eigenvalue weighted by Gasteiger charge is -2.22. The Morgan fingerprint density at radius 1 is 0.439 bits per heavy atom. The lowest BCUT2D eigenvalue weighted by Crippen LogP contribution is -2.21. The number of rotatable bonds is 14. The molecule has 332 valence electrons. The quantitative estimate of drug-likeness (QED) is 0.111. The Morgan fingerprint density at radius 2 is 0.758 bits per heavy atom. The Kier molecular flexibility index (Phi) is 13.5. The van der Waals surface area contributed by atoms with Crippen LogP contribution in [0.25, 0.3) is 21.8 Å². The largest absolute Gasteiger partial charge is 0.493 e. The maximum absolute atomic E-state index is 13.6. The van der Waals surface area contributed by atoms with Gasteiger partial charge in [0.05, 0.1) is 48.0 Å². The maximum Gasteiger partial charge on any atom is 0.262 e. The first-order valence-corrected chi connectivity index (χ1v) is 22.7. The van der Waals surface area contributed by atoms with E-state index in [9.17, 15) is 9.59 Å². The Labute approximate surface area is 384 Å². The number of hydrogen-bond acceptors (Lipinski definition) is 8. The number of pyridine rings is 2. The molecule has 0 aliphatic heterocycles. The molecule has 0 atom stereocenters. The number of para-hydroxylation sites is 6. The smallest absolute Gasteiger partial charge is 0.262 e. The molecular formula is C56H52N4O6. The zero-order valence-corrected chi connectivity index (χ0v) is 37.3. The fourth-order valence-corrected chi connectivity index (χ4v) is 8.58. The fourth-order valence-electron chi connectivity index (χ4n) is 8.58. The maximum atomic E-state index is 13.6. The van der Waals surface area contributed by atoms with Crippen molar-refractivity contribution >= 4 is 45.0 Å². The van der Waals surface area contributed by atoms with Crippen LogP contribution in [-0.2, 0) is 35.3 Å². The number of anilines is 2. The van der Waals surface area contributed by atoms with Crippen LogP contribution in [0.5, 0.6) is 23.0 Å². The van der Waals surface area contributed by atoms with Crippen molar-refractivity contribution in [2.24, 2.45) is 0 Å². The molecule has 2 amide bonds. The fraction of sp³-hybridized carbons (Fsp3) is 0.214. The van der Waals surface area contributed by atoms with Crippen LogP contribution >= 0.6 is 0 Å². The molecule has 1 aliphatic rings. The lowest BCUT2D eigenvalue weighted by molar-refractivity contribution is -0.118. The van der Waals surface area contributed by atoms with Crippen molar-refractivity contribution in [2.45, 2.75) is 52.4 Å². The Hall–Kier alpha value is -7.72. The molecular weight excluding hydrogens is 825 g/mol. The van der Waals surface area contributed by atoms with Crippen LogP contribution in [0.1, 0.15) is 71.2 Å². The molecule has 0 saturated heterocycles. The second-order valence-electron chi connectivity index (χ2n) is 16.5. The van der Waals surface area contributed by atoms with E-state index in [1.807, 2.05) is 60.7 Å². The van der Waals surface area contributed by atoms with Gasteiger partial charge in [-0.3, -0.25) is 19.6 Å². The standard InChI is InChI=1S/C56H52N4O6/c1-3-25-63-53-39-15-9-16-40(53)28-44-20-12-22-46(56(44)66-36-52(62)60-48-32-38-14-6-8-24-50(38)58-34-48)30-42-18-10-17-41(54(42)64-26-4-2)29-45-21-11-19-43(27-39)55(45)65-35-51(61)59-47-31-37-13-5-7-23-49(37)57-33-47/h5-24,31-34H,3-4,25-30,35-36H2,1-2H3,(H,59,61)(H,60,62). The Balaban J connectivity index is 1.08. The van der Waals surface area contributed by atoms with Gasteiger partial charge in [0, 0.05) is 36.5 Å². The summed E-state index contributed by atoms with van der Waals surface area (Å²) in [6.07, 6.45) is 6.92. The summed E-state index contributed by atoms with van der Waals surface area (Å²) >= 11 is 0. The predicted octanol–water partition coefficient (Wildman–Crippen LogP) is 11.1. The number of carbonyl (C=O) groups excluding carboxylic acids is 2. The SMILES string of the molecule is CCCOc1c2cccc1Cc1cccc(c1OCC(=O)Nc1cnc3ccccc3c1)Cc1cccc(c1OCCC)Cc1cccc(c1OCC(=O)Nc1cnc3ccccc3c1)C2. The number of ether oxygens (including phenoxy) is 4. The number of nitrogens with zero attached hydrogens (tertiary/aromatic N) is 2. The van der Waals surface area contributed by atoms with E-state index in [1.54, 1.807) is 12.4 Å². The van der Waals surface area contributed by atoms with Crippen molar-refractivity contribution in [1.82, 2.24) is 9.97 Å². The molecule has 10 heteroatoms. The predicted molar refractivity (Wildman–Crippen MR) is 260 cm³/mol. The molecule has 6 aromatic carbocycles. The van der Waals surface area contributed by atoms with Crippen molar-refractivity contribution in [3.63, 3.8) is 0 Å². The molecule has 0 spiro atoms. The van der Waals surface area contributed by atoms with Crippen molar-refractivity contribution in [1.29, 1.82) is 0 Å². The van der Waals surface area contributed by atoms with Crippen molar-refractivity contribution in [3.05, 3.63) is 190 Å². The number of hydrogen-bond donors (Lipinski definition) is 2. The molecule has 8 aromatic rings. The van der Waals surface area contributed by atoms with Gasteiger partial charge in [0.15, 0.2) is 13.2 Å². The van der Waals surface area contributed by atoms with E-state index < -0.39 is 0 Å². The third-order valence-electron chi connectivity index (χ3n) is 11.6. The first kappa shape index (κ1) is 43.5. The molecule has 0 unspecified atom stereocenters. The molecule has 2 heterocycles. The van der Waals surface area contributed by atoms with Gasteiger partial charge in [-0.2, -0.15) is 0 Å². The highest BCUT2D eigenvalue weighted by atomic mass is 16.5. The number of benzene rings is 6. The first-order valence-electron chi connectivity index (χ1n) is 22.7. The van der Waals surface area contributed by atoms with Crippen molar-refractivity contribution in [3.8, 4) is 23.0 Å². The number of aromatic nitrogens is 2. The number of nitrogens with one attached hydrogen (secondary N) is 2. The van der Waals surface area contributed by atoms with Crippen LogP contribution in [0.4, 0.5) is 11.4 Å². The summed E-state index contributed by atoms with van der Waals surface area (Å²) in [7, 11) is 0. The number of fused-ring (bicyclic) bond motifs is 10. The van der Waals surface area contributed by atoms with E-state index >= 15 is 0 Å². The highest BCUT2D eigenvalue weighted by molar-refractivity contribution is 5.95. The van der Waals surface area contributed by atoms with E-state index in [2.05, 4.69) is 107 Å². The van der Waals surface area contributed by atoms with E-state index in [0.717, 1.165) is 90.7 Å². The summed E-state index contributed by atoms with van der Waals surface area (Å²) in [6.45, 7) is 4.83. The van der Waals surface area contributed by atoms with E-state index in [-0.39, 0.29) is 25.0 Å². The minimum atomic E-state index is -0.291. The van der Waals surface area contributed by atoms with E-state index in [0.29, 0.717) is 61.8 Å². The third-order valence-corrected chi connectivity index (χ3v) is 11.6. The van der Waals surface area contributed by atoms with Gasteiger partial charge < -0.3 is 29.6 Å². The number of amides is 2. The topological polar surface area (TPSA) is 121 Å². The van der Waals surface area contributed by atoms with Gasteiger partial charge in [-0.25, -0.2) is 0 Å². The van der Waals surface area contributed by atoms with Gasteiger partial charge in [0.25, 0.3) is 11.8 Å². The molecule has 1 aliphatic carbocycles. The molecule has 9 rings (SSSR count). The van der Waals surface area contributed by atoms with Gasteiger partial charge in [-0.05, 0) is 81.6 Å². The molecule has 2 N–H and O–H groups in total. The van der Waals surface area contributed by atoms with Crippen molar-refractivity contribution in [2.75, 3.05) is 37.1 Å². The van der Waals surface area contributed by atoms with Crippen LogP contribution in [-0.4, -0.2) is 48.2 Å². The average Bonchev–Trinajstić information content (AvgIpc) is 3.33. The second-order valence-corrected chi connectivity index (χ2v) is 16.5. The zero-order valence-electron chi connectivity index (χ0n) is 37.3. The Morgan fingerprint density at radius 3 is 1.09 bits per heavy atom. The van der Waals surface area contributed by atoms with E-state index in [4.69, 9.17) is 18.9 Å². The number of carbonyl (C=O) groups is 2. The first-order chi connectivity index (χ1) is 32.4. The van der Waals surface area contributed by atoms with Crippen LogP contribution in [0.15, 0.2) is 146 Å². The highest BCUT2D eigenvalue weighted by Gasteiger charge is 2.23. The third kappa shape index (κ3) is 10.1.